The number of hydrogen-bond donors (Lipinski definition) is 3. The van der Waals surface area contributed by atoms with E-state index in [1.807, 2.05) is 53.8 Å². The number of carbonyl (C=O) groups excluding carboxylic acids is 3. The van der Waals surface area contributed by atoms with Crippen molar-refractivity contribution in [3.63, 3.8) is 0 Å². The molecule has 2 aliphatic heterocycles. The molecule has 1 saturated heterocycles. The largest absolute Gasteiger partial charge is 0.481 e. The van der Waals surface area contributed by atoms with Gasteiger partial charge in [0.15, 0.2) is 5.78 Å². The fraction of sp³-hybridized carbons (Fsp3) is 0.169. The molecule has 11 aromatic rings. The maximum atomic E-state index is 12.4. The van der Waals surface area contributed by atoms with Crippen molar-refractivity contribution in [3.8, 4) is 11.1 Å². The molecule has 0 saturated carbocycles. The number of carbonyl (C=O) groups is 6. The molecule has 0 bridgehead atoms. The number of ether oxygens (including phenoxy) is 1. The zero-order valence-corrected chi connectivity index (χ0v) is 56.1. The number of benzene rings is 8. The van der Waals surface area contributed by atoms with Crippen molar-refractivity contribution in [1.82, 2.24) is 0 Å². The zero-order chi connectivity index (χ0) is 56.3. The van der Waals surface area contributed by atoms with E-state index in [-0.39, 0.29) is 98.9 Å². The average Bonchev–Trinajstić information content (AvgIpc) is 3.89. The van der Waals surface area contributed by atoms with Crippen molar-refractivity contribution >= 4 is 140 Å². The minimum Gasteiger partial charge on any atom is -0.481 e. The summed E-state index contributed by atoms with van der Waals surface area (Å²) >= 11 is 5.36. The van der Waals surface area contributed by atoms with Crippen molar-refractivity contribution < 1.29 is 104 Å². The molecule has 5 heterocycles. The van der Waals surface area contributed by atoms with Gasteiger partial charge in [0.1, 0.15) is 0 Å². The van der Waals surface area contributed by atoms with Gasteiger partial charge in [-0.2, -0.15) is 0 Å². The standard InChI is InChI=1S/C16H14O4S.C16H12O3S.C16H14O2S.C12H8S.C4H4O3.CH4.Hg.Zn/c17-16(18)7-3-4-11-8-9-15-13(10-11)12-5-1-2-6-14(12)21(15,19)20;17-13(6-8-16(18)19)10-5-7-15-12(9-10)11-3-1-2-4-14(11)20-15;17-16(18)7-3-4-11-8-9-15-13(10-11)12-5-1-2-6-14(12)19-15;1-3-7-11-9(5-1)10-6-2-4-8-12(10)13-11;5-3-1-2-4(6)7-3;;;/h1-2,5-6,8-10H,3-4,7H2,(H,17,18);1-5,7,9H,6,8H2,(H,18,19);1-2,5-6,8-10H,3-4,7H2,(H,17,18);1-8H;1-2H2;1H4;;. The summed E-state index contributed by atoms with van der Waals surface area (Å²) in [6, 6.07) is 57.9. The normalized spacial score (nSPS) is 12.3. The maximum Gasteiger partial charge on any atom is 0.314 e. The van der Waals surface area contributed by atoms with Gasteiger partial charge in [0.05, 0.1) is 29.1 Å². The predicted molar refractivity (Wildman–Crippen MR) is 325 cm³/mol. The van der Waals surface area contributed by atoms with Crippen LogP contribution < -0.4 is 0 Å². The van der Waals surface area contributed by atoms with Crippen LogP contribution >= 0.6 is 34.0 Å². The number of thiophene rings is 3. The van der Waals surface area contributed by atoms with Crippen LogP contribution in [0.4, 0.5) is 0 Å². The minimum absolute atomic E-state index is 0. The van der Waals surface area contributed by atoms with Gasteiger partial charge in [0.25, 0.3) is 0 Å². The van der Waals surface area contributed by atoms with Gasteiger partial charge in [-0.15, -0.1) is 34.0 Å². The summed E-state index contributed by atoms with van der Waals surface area (Å²) in [6.07, 6.45) is 3.50. The Morgan fingerprint density at radius 2 is 0.819 bits per heavy atom. The molecule has 13 rings (SSSR count). The molecule has 12 nitrogen and oxygen atoms in total. The van der Waals surface area contributed by atoms with Crippen LogP contribution in [0.1, 0.15) is 80.3 Å². The number of ketones is 1. The third-order valence-corrected chi connectivity index (χ3v) is 18.6. The van der Waals surface area contributed by atoms with E-state index in [0.29, 0.717) is 34.6 Å². The van der Waals surface area contributed by atoms with Gasteiger partial charge in [-0.1, -0.05) is 111 Å². The first-order valence-electron chi connectivity index (χ1n) is 25.7. The van der Waals surface area contributed by atoms with Crippen LogP contribution in [0.15, 0.2) is 186 Å². The number of esters is 2. The molecule has 0 radical (unpaired) electrons. The minimum atomic E-state index is -3.41. The van der Waals surface area contributed by atoms with Gasteiger partial charge < -0.3 is 20.1 Å². The molecule has 416 valence electrons. The molecule has 0 spiro atoms. The molecule has 3 aromatic heterocycles. The Kier molecular flexibility index (Phi) is 23.7. The third kappa shape index (κ3) is 16.3. The van der Waals surface area contributed by atoms with E-state index in [9.17, 15) is 37.2 Å². The summed E-state index contributed by atoms with van der Waals surface area (Å²) in [5, 5.41) is 33.5. The Hall–Kier alpha value is -6.85. The number of carboxylic acids is 3. The monoisotopic (exact) mass is 1420 g/mol. The van der Waals surface area contributed by atoms with Crippen LogP contribution in [0.2, 0.25) is 0 Å². The van der Waals surface area contributed by atoms with Crippen LogP contribution in [-0.2, 0) is 98.5 Å². The molecule has 1 fully saturated rings. The smallest absolute Gasteiger partial charge is 0.314 e. The Morgan fingerprint density at radius 1 is 0.434 bits per heavy atom. The first-order chi connectivity index (χ1) is 38.6. The molecule has 0 unspecified atom stereocenters. The molecular weight excluding hydrogens is 1370 g/mol. The summed E-state index contributed by atoms with van der Waals surface area (Å²) in [5.74, 6) is -3.40. The van der Waals surface area contributed by atoms with E-state index in [4.69, 9.17) is 15.3 Å². The number of fused-ring (bicyclic) bond motifs is 12. The molecule has 0 atom stereocenters. The molecule has 3 N–H and O–H groups in total. The van der Waals surface area contributed by atoms with Gasteiger partial charge in [-0.3, -0.25) is 28.8 Å². The number of aryl methyl sites for hydroxylation is 2. The first kappa shape index (κ1) is 65.3. The second kappa shape index (κ2) is 30.1. The van der Waals surface area contributed by atoms with E-state index in [1.165, 1.54) is 50.6 Å². The molecule has 2 aliphatic rings. The average molecular weight is 1420 g/mol. The van der Waals surface area contributed by atoms with Crippen LogP contribution in [0, 0.1) is 0 Å². The quantitative estimate of drug-likeness (QED) is 0.0452. The van der Waals surface area contributed by atoms with Gasteiger partial charge >= 0.3 is 29.8 Å². The molecule has 8 aromatic carbocycles. The van der Waals surface area contributed by atoms with Gasteiger partial charge in [-0.05, 0) is 110 Å². The topological polar surface area (TPSA) is 206 Å². The molecular formula is C65H56HgO12S4Zn. The van der Waals surface area contributed by atoms with Crippen molar-refractivity contribution in [2.45, 2.75) is 81.4 Å². The van der Waals surface area contributed by atoms with Crippen LogP contribution in [0.3, 0.4) is 0 Å². The van der Waals surface area contributed by atoms with Crippen molar-refractivity contribution in [2.24, 2.45) is 0 Å². The van der Waals surface area contributed by atoms with Crippen LogP contribution in [0.25, 0.3) is 71.6 Å². The second-order valence-corrected chi connectivity index (χ2v) is 24.0. The summed E-state index contributed by atoms with van der Waals surface area (Å²) in [5.41, 5.74) is 4.22. The predicted octanol–water partition coefficient (Wildman–Crippen LogP) is 16.0. The zero-order valence-electron chi connectivity index (χ0n) is 44.4. The van der Waals surface area contributed by atoms with Gasteiger partial charge in [-0.25, -0.2) is 8.42 Å². The number of hydrogen-bond acceptors (Lipinski definition) is 12. The summed E-state index contributed by atoms with van der Waals surface area (Å²) < 4.78 is 36.6. The van der Waals surface area contributed by atoms with Crippen molar-refractivity contribution in [2.75, 3.05) is 0 Å². The third-order valence-electron chi connectivity index (χ3n) is 13.3. The Labute approximate surface area is 524 Å². The van der Waals surface area contributed by atoms with Crippen LogP contribution in [-0.4, -0.2) is 59.4 Å². The SMILES string of the molecule is C.O=C(O)CCC(=O)c1ccc2sc3ccccc3c2c1.O=C(O)CCCc1ccc2c(c1)-c1ccccc1S2(=O)=O.O=C(O)CCCc1ccc2sc3ccccc3c2c1.O=C1CCC(=O)O1.[Hg].[Zn].c1ccc2c(c1)sc1ccccc12. The van der Waals surface area contributed by atoms with Crippen molar-refractivity contribution in [1.29, 1.82) is 0 Å². The molecule has 18 heteroatoms. The van der Waals surface area contributed by atoms with E-state index in [0.717, 1.165) is 38.6 Å². The summed E-state index contributed by atoms with van der Waals surface area (Å²) in [6.45, 7) is 0. The number of carboxylic acid groups (broad SMARTS) is 3. The summed E-state index contributed by atoms with van der Waals surface area (Å²) in [7, 11) is -3.41. The van der Waals surface area contributed by atoms with Crippen LogP contribution in [0.5, 0.6) is 0 Å². The van der Waals surface area contributed by atoms with Gasteiger partial charge in [0, 0.05) is 144 Å². The fourth-order valence-corrected chi connectivity index (χ4v) is 14.4. The second-order valence-electron chi connectivity index (χ2n) is 18.8. The van der Waals surface area contributed by atoms with E-state index >= 15 is 0 Å². The summed E-state index contributed by atoms with van der Waals surface area (Å²) in [4.78, 5) is 64.3. The molecule has 0 amide bonds. The molecule has 0 aliphatic carbocycles. The number of sulfone groups is 1. The van der Waals surface area contributed by atoms with E-state index in [2.05, 4.69) is 102 Å². The first-order valence-corrected chi connectivity index (χ1v) is 29.6. The van der Waals surface area contributed by atoms with Crippen molar-refractivity contribution in [3.05, 3.63) is 193 Å². The Morgan fingerprint density at radius 3 is 1.29 bits per heavy atom. The fourth-order valence-electron chi connectivity index (χ4n) is 9.41. The Bertz CT molecular complexity index is 4210. The number of aliphatic carboxylic acids is 3. The van der Waals surface area contributed by atoms with E-state index < -0.39 is 39.7 Å². The maximum absolute atomic E-state index is 12.4. The Balaban J connectivity index is 0.000000170. The van der Waals surface area contributed by atoms with Gasteiger partial charge in [0.2, 0.25) is 9.84 Å². The van der Waals surface area contributed by atoms with E-state index in [1.54, 1.807) is 59.1 Å². The molecule has 83 heavy (non-hydrogen) atoms. The number of rotatable bonds is 12. The number of Topliss-reactive ketones (excluding diaryl/α,β-unsaturated/α-hetero) is 1. The number of cyclic esters (lactones) is 2.